The summed E-state index contributed by atoms with van der Waals surface area (Å²) < 4.78 is 0. The van der Waals surface area contributed by atoms with Gasteiger partial charge in [-0.25, -0.2) is 0 Å². The molecule has 2 rings (SSSR count). The van der Waals surface area contributed by atoms with Gasteiger partial charge in [0.15, 0.2) is 0 Å². The smallest absolute Gasteiger partial charge is 0.132 e. The first kappa shape index (κ1) is 11.1. The minimum Gasteiger partial charge on any atom is -0.544 e. The van der Waals surface area contributed by atoms with Gasteiger partial charge in [-0.05, 0) is 12.0 Å². The summed E-state index contributed by atoms with van der Waals surface area (Å²) in [5.41, 5.74) is 2.44. The molecule has 1 N–H and O–H groups in total. The predicted octanol–water partition coefficient (Wildman–Crippen LogP) is -0.844. The first-order valence-electron chi connectivity index (χ1n) is 5.84. The van der Waals surface area contributed by atoms with Crippen LogP contribution in [0.15, 0.2) is 24.3 Å². The van der Waals surface area contributed by atoms with Gasteiger partial charge in [0, 0.05) is 12.0 Å². The van der Waals surface area contributed by atoms with Crippen LogP contribution in [0.3, 0.4) is 0 Å². The van der Waals surface area contributed by atoms with E-state index in [0.29, 0.717) is 6.42 Å². The SMILES string of the molecule is CCC[NH+]1Cc2ccccc2C[C@H]1C(=O)[O-]. The highest BCUT2D eigenvalue weighted by molar-refractivity contribution is 5.70. The molecular weight excluding hydrogens is 202 g/mol. The van der Waals surface area contributed by atoms with Crippen LogP contribution in [-0.4, -0.2) is 18.6 Å². The summed E-state index contributed by atoms with van der Waals surface area (Å²) in [6.45, 7) is 3.79. The molecule has 1 aromatic rings. The molecule has 0 radical (unpaired) electrons. The van der Waals surface area contributed by atoms with Gasteiger partial charge >= 0.3 is 0 Å². The summed E-state index contributed by atoms with van der Waals surface area (Å²) in [5, 5.41) is 11.1. The van der Waals surface area contributed by atoms with Gasteiger partial charge in [-0.1, -0.05) is 31.2 Å². The van der Waals surface area contributed by atoms with Crippen molar-refractivity contribution in [2.45, 2.75) is 32.4 Å². The maximum absolute atomic E-state index is 11.1. The zero-order chi connectivity index (χ0) is 11.5. The van der Waals surface area contributed by atoms with Crippen LogP contribution >= 0.6 is 0 Å². The Bertz CT molecular complexity index is 389. The number of benzene rings is 1. The quantitative estimate of drug-likeness (QED) is 0.720. The van der Waals surface area contributed by atoms with Gasteiger partial charge in [-0.3, -0.25) is 0 Å². The van der Waals surface area contributed by atoms with E-state index in [0.717, 1.165) is 30.0 Å². The van der Waals surface area contributed by atoms with E-state index in [4.69, 9.17) is 0 Å². The van der Waals surface area contributed by atoms with Gasteiger partial charge in [-0.15, -0.1) is 0 Å². The van der Waals surface area contributed by atoms with Crippen LogP contribution in [0.1, 0.15) is 24.5 Å². The number of rotatable bonds is 3. The van der Waals surface area contributed by atoms with Crippen molar-refractivity contribution in [2.75, 3.05) is 6.54 Å². The molecule has 1 aliphatic heterocycles. The molecule has 3 nitrogen and oxygen atoms in total. The van der Waals surface area contributed by atoms with E-state index in [1.165, 1.54) is 5.56 Å². The van der Waals surface area contributed by atoms with Gasteiger partial charge in [0.1, 0.15) is 12.6 Å². The summed E-state index contributed by atoms with van der Waals surface area (Å²) in [6, 6.07) is 7.72. The van der Waals surface area contributed by atoms with Crippen LogP contribution < -0.4 is 10.0 Å². The number of carbonyl (C=O) groups excluding carboxylic acids is 1. The number of carbonyl (C=O) groups is 1. The average molecular weight is 219 g/mol. The summed E-state index contributed by atoms with van der Waals surface area (Å²) >= 11 is 0. The van der Waals surface area contributed by atoms with Crippen LogP contribution in [0.5, 0.6) is 0 Å². The highest BCUT2D eigenvalue weighted by atomic mass is 16.4. The van der Waals surface area contributed by atoms with E-state index in [1.807, 2.05) is 18.2 Å². The molecule has 0 fully saturated rings. The van der Waals surface area contributed by atoms with Crippen molar-refractivity contribution in [1.82, 2.24) is 0 Å². The number of nitrogens with one attached hydrogen (secondary N) is 1. The van der Waals surface area contributed by atoms with Crippen molar-refractivity contribution < 1.29 is 14.8 Å². The lowest BCUT2D eigenvalue weighted by molar-refractivity contribution is -0.934. The Hall–Kier alpha value is -1.35. The second-order valence-corrected chi connectivity index (χ2v) is 4.43. The molecule has 0 amide bonds. The largest absolute Gasteiger partial charge is 0.544 e. The first-order valence-corrected chi connectivity index (χ1v) is 5.84. The Morgan fingerprint density at radius 2 is 2.12 bits per heavy atom. The second-order valence-electron chi connectivity index (χ2n) is 4.43. The summed E-state index contributed by atoms with van der Waals surface area (Å²) in [4.78, 5) is 12.2. The molecular formula is C13H17NO2. The van der Waals surface area contributed by atoms with E-state index in [-0.39, 0.29) is 6.04 Å². The third-order valence-electron chi connectivity index (χ3n) is 3.31. The third kappa shape index (κ3) is 2.09. The lowest BCUT2D eigenvalue weighted by Crippen LogP contribution is -3.17. The van der Waals surface area contributed by atoms with Crippen molar-refractivity contribution in [3.05, 3.63) is 35.4 Å². The van der Waals surface area contributed by atoms with Crippen LogP contribution in [0.2, 0.25) is 0 Å². The monoisotopic (exact) mass is 219 g/mol. The van der Waals surface area contributed by atoms with Crippen molar-refractivity contribution in [3.8, 4) is 0 Å². The number of hydrogen-bond acceptors (Lipinski definition) is 2. The molecule has 1 unspecified atom stereocenters. The van der Waals surface area contributed by atoms with Gasteiger partial charge < -0.3 is 14.8 Å². The number of quaternary nitrogens is 1. The Kier molecular flexibility index (Phi) is 3.25. The van der Waals surface area contributed by atoms with Gasteiger partial charge in [0.25, 0.3) is 0 Å². The molecule has 1 heterocycles. The Balaban J connectivity index is 2.25. The van der Waals surface area contributed by atoms with Crippen molar-refractivity contribution in [1.29, 1.82) is 0 Å². The molecule has 0 saturated carbocycles. The highest BCUT2D eigenvalue weighted by Crippen LogP contribution is 2.13. The number of aliphatic carboxylic acids is 1. The van der Waals surface area contributed by atoms with Gasteiger partial charge in [0.2, 0.25) is 0 Å². The van der Waals surface area contributed by atoms with Gasteiger partial charge in [-0.2, -0.15) is 0 Å². The Morgan fingerprint density at radius 1 is 1.44 bits per heavy atom. The molecule has 1 aromatic carbocycles. The van der Waals surface area contributed by atoms with Crippen LogP contribution in [0.4, 0.5) is 0 Å². The van der Waals surface area contributed by atoms with E-state index in [2.05, 4.69) is 13.0 Å². The molecule has 0 aliphatic carbocycles. The lowest BCUT2D eigenvalue weighted by Gasteiger charge is -2.34. The van der Waals surface area contributed by atoms with E-state index in [1.54, 1.807) is 0 Å². The standard InChI is InChI=1S/C13H17NO2/c1-2-7-14-9-11-6-4-3-5-10(11)8-12(14)13(15)16/h3-6,12H,2,7-9H2,1H3,(H,15,16)/t12-/m0/s1. The van der Waals surface area contributed by atoms with E-state index in [9.17, 15) is 9.90 Å². The molecule has 3 heteroatoms. The topological polar surface area (TPSA) is 44.6 Å². The van der Waals surface area contributed by atoms with Crippen molar-refractivity contribution >= 4 is 5.97 Å². The summed E-state index contributed by atoms with van der Waals surface area (Å²) in [7, 11) is 0. The van der Waals surface area contributed by atoms with E-state index < -0.39 is 5.97 Å². The molecule has 0 aromatic heterocycles. The normalized spacial score (nSPS) is 23.8. The van der Waals surface area contributed by atoms with Crippen LogP contribution in [0, 0.1) is 0 Å². The molecule has 0 spiro atoms. The Morgan fingerprint density at radius 3 is 2.75 bits per heavy atom. The van der Waals surface area contributed by atoms with Gasteiger partial charge in [0.05, 0.1) is 12.5 Å². The predicted molar refractivity (Wildman–Crippen MR) is 58.8 cm³/mol. The average Bonchev–Trinajstić information content (AvgIpc) is 2.28. The molecule has 1 aliphatic rings. The molecule has 16 heavy (non-hydrogen) atoms. The number of fused-ring (bicyclic) bond motifs is 1. The fourth-order valence-corrected chi connectivity index (χ4v) is 2.49. The second kappa shape index (κ2) is 4.66. The maximum Gasteiger partial charge on any atom is 0.132 e. The fraction of sp³-hybridized carbons (Fsp3) is 0.462. The highest BCUT2D eigenvalue weighted by Gasteiger charge is 2.29. The summed E-state index contributed by atoms with van der Waals surface area (Å²) in [6.07, 6.45) is 1.61. The first-order chi connectivity index (χ1) is 7.72. The maximum atomic E-state index is 11.1. The van der Waals surface area contributed by atoms with Crippen LogP contribution in [-0.2, 0) is 17.8 Å². The fourth-order valence-electron chi connectivity index (χ4n) is 2.49. The zero-order valence-corrected chi connectivity index (χ0v) is 9.53. The zero-order valence-electron chi connectivity index (χ0n) is 9.53. The number of carboxylic acid groups (broad SMARTS) is 1. The Labute approximate surface area is 95.7 Å². The molecule has 86 valence electrons. The number of carboxylic acids is 1. The molecule has 0 bridgehead atoms. The van der Waals surface area contributed by atoms with Crippen molar-refractivity contribution in [2.24, 2.45) is 0 Å². The van der Waals surface area contributed by atoms with Crippen molar-refractivity contribution in [3.63, 3.8) is 0 Å². The number of hydrogen-bond donors (Lipinski definition) is 1. The third-order valence-corrected chi connectivity index (χ3v) is 3.31. The molecule has 2 atom stereocenters. The lowest BCUT2D eigenvalue weighted by atomic mass is 9.94. The molecule has 0 saturated heterocycles. The summed E-state index contributed by atoms with van der Waals surface area (Å²) in [5.74, 6) is -0.919. The minimum atomic E-state index is -0.919. The van der Waals surface area contributed by atoms with E-state index >= 15 is 0 Å². The van der Waals surface area contributed by atoms with Crippen LogP contribution in [0.25, 0.3) is 0 Å². The minimum absolute atomic E-state index is 0.380.